The average molecular weight is 185 g/mol. The lowest BCUT2D eigenvalue weighted by atomic mass is 9.85. The number of hydrogen-bond donors (Lipinski definition) is 1. The molecule has 0 aromatic heterocycles. The molecule has 0 aliphatic rings. The van der Waals surface area contributed by atoms with Crippen LogP contribution in [-0.4, -0.2) is 13.1 Å². The van der Waals surface area contributed by atoms with E-state index in [4.69, 9.17) is 0 Å². The molecule has 13 heavy (non-hydrogen) atoms. The van der Waals surface area contributed by atoms with Crippen LogP contribution in [0.1, 0.15) is 53.9 Å². The quantitative estimate of drug-likeness (QED) is 0.599. The lowest BCUT2D eigenvalue weighted by Crippen LogP contribution is -2.30. The molecule has 1 N–H and O–H groups in total. The van der Waals surface area contributed by atoms with E-state index >= 15 is 0 Å². The summed E-state index contributed by atoms with van der Waals surface area (Å²) in [6.45, 7) is 13.9. The molecule has 0 aliphatic heterocycles. The maximum Gasteiger partial charge on any atom is 0.000252 e. The van der Waals surface area contributed by atoms with E-state index in [2.05, 4.69) is 39.9 Å². The molecule has 0 aromatic carbocycles. The second-order valence-electron chi connectivity index (χ2n) is 5.27. The Morgan fingerprint density at radius 3 is 2.31 bits per heavy atom. The van der Waals surface area contributed by atoms with E-state index in [9.17, 15) is 0 Å². The number of hydrogen-bond acceptors (Lipinski definition) is 1. The molecule has 0 amide bonds. The molecule has 0 heterocycles. The maximum absolute atomic E-state index is 3.50. The van der Waals surface area contributed by atoms with Crippen LogP contribution < -0.4 is 5.32 Å². The van der Waals surface area contributed by atoms with Crippen molar-refractivity contribution in [3.8, 4) is 0 Å². The molecule has 0 rings (SSSR count). The van der Waals surface area contributed by atoms with Crippen molar-refractivity contribution in [1.29, 1.82) is 0 Å². The standard InChI is InChI=1S/C12H27N/c1-6-9-13-10-12(4,5)8-7-11(2)3/h11,13H,6-10H2,1-5H3. The van der Waals surface area contributed by atoms with E-state index in [-0.39, 0.29) is 0 Å². The molecule has 0 bridgehead atoms. The summed E-state index contributed by atoms with van der Waals surface area (Å²) in [7, 11) is 0. The largest absolute Gasteiger partial charge is 0.316 e. The third kappa shape index (κ3) is 8.29. The van der Waals surface area contributed by atoms with Gasteiger partial charge < -0.3 is 5.32 Å². The van der Waals surface area contributed by atoms with E-state index in [1.807, 2.05) is 0 Å². The van der Waals surface area contributed by atoms with Crippen LogP contribution in [0.4, 0.5) is 0 Å². The second-order valence-corrected chi connectivity index (χ2v) is 5.27. The highest BCUT2D eigenvalue weighted by Crippen LogP contribution is 2.23. The molecular weight excluding hydrogens is 158 g/mol. The molecule has 0 spiro atoms. The van der Waals surface area contributed by atoms with Gasteiger partial charge in [-0.05, 0) is 30.7 Å². The molecule has 80 valence electrons. The molecule has 0 fully saturated rings. The van der Waals surface area contributed by atoms with Crippen molar-refractivity contribution < 1.29 is 0 Å². The van der Waals surface area contributed by atoms with Gasteiger partial charge in [-0.15, -0.1) is 0 Å². The van der Waals surface area contributed by atoms with E-state index in [1.165, 1.54) is 19.3 Å². The minimum absolute atomic E-state index is 0.472. The third-order valence-electron chi connectivity index (χ3n) is 2.43. The van der Waals surface area contributed by atoms with Gasteiger partial charge in [-0.1, -0.05) is 41.0 Å². The van der Waals surface area contributed by atoms with Gasteiger partial charge in [0.25, 0.3) is 0 Å². The average Bonchev–Trinajstić information content (AvgIpc) is 2.02. The van der Waals surface area contributed by atoms with Crippen molar-refractivity contribution in [2.45, 2.75) is 53.9 Å². The summed E-state index contributed by atoms with van der Waals surface area (Å²) < 4.78 is 0. The first kappa shape index (κ1) is 13.0. The fraction of sp³-hybridized carbons (Fsp3) is 1.00. The van der Waals surface area contributed by atoms with Crippen LogP contribution in [0.5, 0.6) is 0 Å². The van der Waals surface area contributed by atoms with Crippen LogP contribution in [0.2, 0.25) is 0 Å². The van der Waals surface area contributed by atoms with Crippen LogP contribution >= 0.6 is 0 Å². The van der Waals surface area contributed by atoms with Crippen LogP contribution in [0.25, 0.3) is 0 Å². The van der Waals surface area contributed by atoms with Gasteiger partial charge >= 0.3 is 0 Å². The molecule has 0 atom stereocenters. The van der Waals surface area contributed by atoms with Gasteiger partial charge in [0, 0.05) is 6.54 Å². The summed E-state index contributed by atoms with van der Waals surface area (Å²) >= 11 is 0. The second kappa shape index (κ2) is 6.42. The van der Waals surface area contributed by atoms with E-state index < -0.39 is 0 Å². The topological polar surface area (TPSA) is 12.0 Å². The summed E-state index contributed by atoms with van der Waals surface area (Å²) in [4.78, 5) is 0. The van der Waals surface area contributed by atoms with Crippen molar-refractivity contribution in [1.82, 2.24) is 5.32 Å². The lowest BCUT2D eigenvalue weighted by Gasteiger charge is -2.25. The Hall–Kier alpha value is -0.0400. The predicted octanol–water partition coefficient (Wildman–Crippen LogP) is 3.45. The van der Waals surface area contributed by atoms with Gasteiger partial charge in [0.2, 0.25) is 0 Å². The Kier molecular flexibility index (Phi) is 6.40. The first-order valence-corrected chi connectivity index (χ1v) is 5.68. The highest BCUT2D eigenvalue weighted by atomic mass is 14.9. The Balaban J connectivity index is 3.54. The van der Waals surface area contributed by atoms with Crippen LogP contribution in [0, 0.1) is 11.3 Å². The summed E-state index contributed by atoms with van der Waals surface area (Å²) in [5.41, 5.74) is 0.472. The van der Waals surface area contributed by atoms with Gasteiger partial charge in [0.1, 0.15) is 0 Å². The van der Waals surface area contributed by atoms with Gasteiger partial charge in [0.15, 0.2) is 0 Å². The van der Waals surface area contributed by atoms with E-state index in [0.717, 1.165) is 19.0 Å². The Morgan fingerprint density at radius 2 is 1.85 bits per heavy atom. The van der Waals surface area contributed by atoms with Crippen molar-refractivity contribution in [2.24, 2.45) is 11.3 Å². The molecule has 0 saturated carbocycles. The van der Waals surface area contributed by atoms with Gasteiger partial charge in [-0.3, -0.25) is 0 Å². The smallest absolute Gasteiger partial charge is 0.000252 e. The van der Waals surface area contributed by atoms with E-state index in [1.54, 1.807) is 0 Å². The molecule has 0 saturated heterocycles. The normalized spacial score (nSPS) is 12.5. The molecule has 1 nitrogen and oxygen atoms in total. The van der Waals surface area contributed by atoms with Gasteiger partial charge in [-0.25, -0.2) is 0 Å². The van der Waals surface area contributed by atoms with Crippen LogP contribution in [0.15, 0.2) is 0 Å². The fourth-order valence-electron chi connectivity index (χ4n) is 1.37. The van der Waals surface area contributed by atoms with Crippen LogP contribution in [-0.2, 0) is 0 Å². The SMILES string of the molecule is CCCNCC(C)(C)CCC(C)C. The molecule has 0 aromatic rings. The summed E-state index contributed by atoms with van der Waals surface area (Å²) in [5.74, 6) is 0.838. The molecule has 1 heteroatoms. The maximum atomic E-state index is 3.50. The number of rotatable bonds is 7. The molecule has 0 radical (unpaired) electrons. The molecule has 0 unspecified atom stereocenters. The molecular formula is C12H27N. The fourth-order valence-corrected chi connectivity index (χ4v) is 1.37. The van der Waals surface area contributed by atoms with Crippen molar-refractivity contribution in [2.75, 3.05) is 13.1 Å². The Labute approximate surface area is 84.3 Å². The zero-order chi connectivity index (χ0) is 10.3. The highest BCUT2D eigenvalue weighted by Gasteiger charge is 2.16. The van der Waals surface area contributed by atoms with Crippen molar-refractivity contribution >= 4 is 0 Å². The Bertz CT molecular complexity index is 116. The van der Waals surface area contributed by atoms with E-state index in [0.29, 0.717) is 5.41 Å². The van der Waals surface area contributed by atoms with Gasteiger partial charge in [-0.2, -0.15) is 0 Å². The van der Waals surface area contributed by atoms with Crippen molar-refractivity contribution in [3.05, 3.63) is 0 Å². The summed E-state index contributed by atoms with van der Waals surface area (Å²) in [6, 6.07) is 0. The van der Waals surface area contributed by atoms with Crippen molar-refractivity contribution in [3.63, 3.8) is 0 Å². The third-order valence-corrected chi connectivity index (χ3v) is 2.43. The zero-order valence-electron chi connectivity index (χ0n) is 10.1. The number of nitrogens with one attached hydrogen (secondary N) is 1. The van der Waals surface area contributed by atoms with Crippen LogP contribution in [0.3, 0.4) is 0 Å². The summed E-state index contributed by atoms with van der Waals surface area (Å²) in [5, 5.41) is 3.50. The van der Waals surface area contributed by atoms with Gasteiger partial charge in [0.05, 0.1) is 0 Å². The first-order chi connectivity index (χ1) is 5.98. The minimum Gasteiger partial charge on any atom is -0.316 e. The zero-order valence-corrected chi connectivity index (χ0v) is 10.1. The summed E-state index contributed by atoms with van der Waals surface area (Å²) in [6.07, 6.45) is 3.92. The highest BCUT2D eigenvalue weighted by molar-refractivity contribution is 4.71. The Morgan fingerprint density at radius 1 is 1.23 bits per heavy atom. The molecule has 0 aliphatic carbocycles. The lowest BCUT2D eigenvalue weighted by molar-refractivity contribution is 0.289. The minimum atomic E-state index is 0.472. The monoisotopic (exact) mass is 185 g/mol. The first-order valence-electron chi connectivity index (χ1n) is 5.68. The predicted molar refractivity (Wildman–Crippen MR) is 61.0 cm³/mol.